The van der Waals surface area contributed by atoms with E-state index in [0.717, 1.165) is 5.69 Å². The highest BCUT2D eigenvalue weighted by Gasteiger charge is 2.18. The molecule has 204 valence electrons. The van der Waals surface area contributed by atoms with Gasteiger partial charge in [-0.15, -0.1) is 10.2 Å². The smallest absolute Gasteiger partial charge is 0.338 e. The van der Waals surface area contributed by atoms with E-state index in [1.54, 1.807) is 35.8 Å². The van der Waals surface area contributed by atoms with Gasteiger partial charge in [0.25, 0.3) is 11.6 Å². The molecule has 0 saturated carbocycles. The maximum atomic E-state index is 12.6. The molecule has 0 unspecified atom stereocenters. The molecule has 2 amide bonds. The van der Waals surface area contributed by atoms with Crippen LogP contribution in [0.1, 0.15) is 33.5 Å². The summed E-state index contributed by atoms with van der Waals surface area (Å²) in [5.41, 5.74) is 1.80. The number of hydrogen-bond donors (Lipinski definition) is 2. The van der Waals surface area contributed by atoms with Crippen LogP contribution >= 0.6 is 11.8 Å². The van der Waals surface area contributed by atoms with Gasteiger partial charge in [-0.2, -0.15) is 0 Å². The van der Waals surface area contributed by atoms with Crippen molar-refractivity contribution in [1.29, 1.82) is 0 Å². The maximum absolute atomic E-state index is 12.6. The first-order valence-electron chi connectivity index (χ1n) is 12.1. The second kappa shape index (κ2) is 13.2. The molecular formula is C27H24N6O6S. The molecule has 0 radical (unpaired) electrons. The number of benzene rings is 3. The fraction of sp³-hybridized carbons (Fsp3) is 0.148. The number of anilines is 1. The van der Waals surface area contributed by atoms with Crippen LogP contribution in [0.2, 0.25) is 0 Å². The van der Waals surface area contributed by atoms with Crippen LogP contribution in [0.5, 0.6) is 0 Å². The van der Waals surface area contributed by atoms with Gasteiger partial charge < -0.3 is 15.4 Å². The molecule has 1 aromatic heterocycles. The van der Waals surface area contributed by atoms with E-state index in [1.807, 2.05) is 30.3 Å². The van der Waals surface area contributed by atoms with Crippen molar-refractivity contribution in [2.24, 2.45) is 0 Å². The number of non-ortho nitro benzene ring substituents is 1. The molecule has 1 heterocycles. The SMILES string of the molecule is CCOC(=O)c1ccc(NC(=O)CSc2nnc(CNC(=O)c3ccc([N+](=O)[O-])cc3)n2-c2ccccc2)cc1. The maximum Gasteiger partial charge on any atom is 0.338 e. The topological polar surface area (TPSA) is 158 Å². The molecule has 2 N–H and O–H groups in total. The summed E-state index contributed by atoms with van der Waals surface area (Å²) < 4.78 is 6.70. The van der Waals surface area contributed by atoms with E-state index in [4.69, 9.17) is 4.74 Å². The van der Waals surface area contributed by atoms with Gasteiger partial charge in [0.1, 0.15) is 0 Å². The molecule has 40 heavy (non-hydrogen) atoms. The van der Waals surface area contributed by atoms with Gasteiger partial charge in [-0.25, -0.2) is 4.79 Å². The van der Waals surface area contributed by atoms with Gasteiger partial charge in [-0.3, -0.25) is 24.3 Å². The summed E-state index contributed by atoms with van der Waals surface area (Å²) in [4.78, 5) is 47.4. The van der Waals surface area contributed by atoms with E-state index in [1.165, 1.54) is 36.0 Å². The summed E-state index contributed by atoms with van der Waals surface area (Å²) in [7, 11) is 0. The number of ether oxygens (including phenoxy) is 1. The molecule has 0 aliphatic heterocycles. The third-order valence-corrected chi connectivity index (χ3v) is 6.40. The number of thioether (sulfide) groups is 1. The zero-order valence-electron chi connectivity index (χ0n) is 21.3. The van der Waals surface area contributed by atoms with Crippen LogP contribution in [-0.4, -0.2) is 49.8 Å². The molecule has 0 aliphatic carbocycles. The Morgan fingerprint density at radius 3 is 2.27 bits per heavy atom. The zero-order chi connectivity index (χ0) is 28.5. The number of hydrogen-bond acceptors (Lipinski definition) is 9. The quantitative estimate of drug-likeness (QED) is 0.120. The Morgan fingerprint density at radius 1 is 0.950 bits per heavy atom. The van der Waals surface area contributed by atoms with Crippen molar-refractivity contribution in [2.75, 3.05) is 17.7 Å². The number of nitro groups is 1. The first-order valence-corrected chi connectivity index (χ1v) is 13.1. The van der Waals surface area contributed by atoms with Gasteiger partial charge in [-0.05, 0) is 55.5 Å². The van der Waals surface area contributed by atoms with Crippen molar-refractivity contribution >= 4 is 40.9 Å². The Morgan fingerprint density at radius 2 is 1.62 bits per heavy atom. The van der Waals surface area contributed by atoms with Crippen molar-refractivity contribution in [3.63, 3.8) is 0 Å². The molecular weight excluding hydrogens is 536 g/mol. The number of carbonyl (C=O) groups is 3. The summed E-state index contributed by atoms with van der Waals surface area (Å²) >= 11 is 1.17. The van der Waals surface area contributed by atoms with Crippen LogP contribution in [-0.2, 0) is 16.1 Å². The predicted molar refractivity (Wildman–Crippen MR) is 147 cm³/mol. The van der Waals surface area contributed by atoms with Crippen LogP contribution in [0.15, 0.2) is 84.0 Å². The highest BCUT2D eigenvalue weighted by atomic mass is 32.2. The van der Waals surface area contributed by atoms with Crippen molar-refractivity contribution in [1.82, 2.24) is 20.1 Å². The second-order valence-corrected chi connectivity index (χ2v) is 9.13. The van der Waals surface area contributed by atoms with Gasteiger partial charge >= 0.3 is 5.97 Å². The number of para-hydroxylation sites is 1. The fourth-order valence-electron chi connectivity index (χ4n) is 3.57. The average molecular weight is 561 g/mol. The summed E-state index contributed by atoms with van der Waals surface area (Å²) in [6.45, 7) is 2.02. The van der Waals surface area contributed by atoms with E-state index in [2.05, 4.69) is 20.8 Å². The number of nitro benzene ring substituents is 1. The minimum Gasteiger partial charge on any atom is -0.462 e. The highest BCUT2D eigenvalue weighted by Crippen LogP contribution is 2.23. The van der Waals surface area contributed by atoms with Crippen LogP contribution in [0.25, 0.3) is 5.69 Å². The number of aromatic nitrogens is 3. The summed E-state index contributed by atoms with van der Waals surface area (Å²) in [5, 5.41) is 25.3. The third-order valence-electron chi connectivity index (χ3n) is 5.47. The normalized spacial score (nSPS) is 10.5. The Hall–Kier alpha value is -5.04. The van der Waals surface area contributed by atoms with Crippen LogP contribution < -0.4 is 10.6 Å². The molecule has 0 atom stereocenters. The van der Waals surface area contributed by atoms with E-state index >= 15 is 0 Å². The molecule has 4 aromatic rings. The Bertz CT molecular complexity index is 1510. The summed E-state index contributed by atoms with van der Waals surface area (Å²) in [5.74, 6) is -0.695. The number of rotatable bonds is 11. The lowest BCUT2D eigenvalue weighted by atomic mass is 10.2. The Kier molecular flexibility index (Phi) is 9.20. The standard InChI is InChI=1S/C27H24N6O6S/c1-2-39-26(36)19-8-12-20(13-9-19)29-24(34)17-40-27-31-30-23(32(27)21-6-4-3-5-7-21)16-28-25(35)18-10-14-22(15-11-18)33(37)38/h3-15H,2,16-17H2,1H3,(H,28,35)(H,29,34). The van der Waals surface area contributed by atoms with Crippen molar-refractivity contribution in [3.8, 4) is 5.69 Å². The lowest BCUT2D eigenvalue weighted by Crippen LogP contribution is -2.24. The monoisotopic (exact) mass is 560 g/mol. The van der Waals surface area contributed by atoms with E-state index in [0.29, 0.717) is 22.2 Å². The molecule has 12 nitrogen and oxygen atoms in total. The third kappa shape index (κ3) is 7.08. The molecule has 0 aliphatic rings. The molecule has 3 aromatic carbocycles. The molecule has 0 saturated heterocycles. The van der Waals surface area contributed by atoms with Gasteiger partial charge in [-0.1, -0.05) is 30.0 Å². The van der Waals surface area contributed by atoms with Crippen LogP contribution in [0, 0.1) is 10.1 Å². The minimum atomic E-state index is -0.536. The highest BCUT2D eigenvalue weighted by molar-refractivity contribution is 7.99. The lowest BCUT2D eigenvalue weighted by molar-refractivity contribution is -0.384. The molecule has 0 fully saturated rings. The van der Waals surface area contributed by atoms with Crippen LogP contribution in [0.3, 0.4) is 0 Å². The van der Waals surface area contributed by atoms with E-state index in [-0.39, 0.29) is 36.1 Å². The predicted octanol–water partition coefficient (Wildman–Crippen LogP) is 4.01. The molecule has 0 spiro atoms. The number of nitrogens with one attached hydrogen (secondary N) is 2. The molecule has 13 heteroatoms. The lowest BCUT2D eigenvalue weighted by Gasteiger charge is -2.11. The minimum absolute atomic E-state index is 0.0251. The molecule has 4 rings (SSSR count). The summed E-state index contributed by atoms with van der Waals surface area (Å²) in [6.07, 6.45) is 0. The first-order chi connectivity index (χ1) is 19.4. The van der Waals surface area contributed by atoms with E-state index < -0.39 is 16.8 Å². The number of amides is 2. The van der Waals surface area contributed by atoms with E-state index in [9.17, 15) is 24.5 Å². The largest absolute Gasteiger partial charge is 0.462 e. The van der Waals surface area contributed by atoms with Crippen molar-refractivity contribution < 1.29 is 24.0 Å². The van der Waals surface area contributed by atoms with Gasteiger partial charge in [0.15, 0.2) is 11.0 Å². The average Bonchev–Trinajstić information content (AvgIpc) is 3.38. The number of nitrogens with zero attached hydrogens (tertiary/aromatic N) is 4. The Balaban J connectivity index is 1.42. The first kappa shape index (κ1) is 28.0. The van der Waals surface area contributed by atoms with Gasteiger partial charge in [0, 0.05) is 29.1 Å². The second-order valence-electron chi connectivity index (χ2n) is 8.19. The number of carbonyl (C=O) groups excluding carboxylic acids is 3. The van der Waals surface area contributed by atoms with Gasteiger partial charge in [0.05, 0.1) is 29.4 Å². The summed E-state index contributed by atoms with van der Waals surface area (Å²) in [6, 6.07) is 20.9. The Labute approximate surface area is 232 Å². The molecule has 0 bridgehead atoms. The van der Waals surface area contributed by atoms with Crippen molar-refractivity contribution in [2.45, 2.75) is 18.6 Å². The van der Waals surface area contributed by atoms with Crippen LogP contribution in [0.4, 0.5) is 11.4 Å². The zero-order valence-corrected chi connectivity index (χ0v) is 22.1. The fourth-order valence-corrected chi connectivity index (χ4v) is 4.34. The van der Waals surface area contributed by atoms with Crippen molar-refractivity contribution in [3.05, 3.63) is 106 Å². The number of esters is 1. The van der Waals surface area contributed by atoms with Gasteiger partial charge in [0.2, 0.25) is 5.91 Å².